The quantitative estimate of drug-likeness (QED) is 0.669. The summed E-state index contributed by atoms with van der Waals surface area (Å²) in [5, 5.41) is 6.43. The Morgan fingerprint density at radius 2 is 2.13 bits per heavy atom. The number of para-hydroxylation sites is 1. The van der Waals surface area contributed by atoms with Gasteiger partial charge in [-0.2, -0.15) is 0 Å². The highest BCUT2D eigenvalue weighted by Gasteiger charge is 2.34. The Morgan fingerprint density at radius 3 is 3.07 bits per heavy atom. The van der Waals surface area contributed by atoms with E-state index >= 15 is 0 Å². The molecule has 1 aromatic carbocycles. The fraction of sp³-hybridized carbons (Fsp3) is 0.417. The van der Waals surface area contributed by atoms with Gasteiger partial charge in [-0.3, -0.25) is 4.79 Å². The molecule has 0 radical (unpaired) electrons. The van der Waals surface area contributed by atoms with Crippen molar-refractivity contribution in [3.05, 3.63) is 29.8 Å². The molecule has 2 N–H and O–H groups in total. The highest BCUT2D eigenvalue weighted by atomic mass is 16.1. The number of hydrogen-bond acceptors (Lipinski definition) is 2. The smallest absolute Gasteiger partial charge is 0.220 e. The first-order valence-corrected chi connectivity index (χ1v) is 5.47. The van der Waals surface area contributed by atoms with E-state index in [4.69, 9.17) is 0 Å². The van der Waals surface area contributed by atoms with Crippen molar-refractivity contribution in [3.63, 3.8) is 0 Å². The second-order valence-electron chi connectivity index (χ2n) is 4.29. The van der Waals surface area contributed by atoms with Crippen molar-refractivity contribution in [1.29, 1.82) is 0 Å². The number of nitrogens with one attached hydrogen (secondary N) is 2. The van der Waals surface area contributed by atoms with E-state index in [1.807, 2.05) is 12.1 Å². The minimum absolute atomic E-state index is 0.181. The Bertz CT molecular complexity index is 402. The van der Waals surface area contributed by atoms with Crippen molar-refractivity contribution in [2.45, 2.75) is 24.8 Å². The van der Waals surface area contributed by atoms with E-state index in [-0.39, 0.29) is 5.91 Å². The molecule has 15 heavy (non-hydrogen) atoms. The number of fused-ring (bicyclic) bond motifs is 3. The summed E-state index contributed by atoms with van der Waals surface area (Å²) in [4.78, 5) is 11.5. The molecule has 0 spiro atoms. The van der Waals surface area contributed by atoms with Crippen LogP contribution in [0.1, 0.15) is 24.3 Å². The second-order valence-corrected chi connectivity index (χ2v) is 4.29. The first-order chi connectivity index (χ1) is 7.34. The third-order valence-corrected chi connectivity index (χ3v) is 3.37. The molecule has 0 aliphatic carbocycles. The lowest BCUT2D eigenvalue weighted by atomic mass is 9.91. The summed E-state index contributed by atoms with van der Waals surface area (Å²) in [6, 6.07) is 8.75. The molecule has 2 unspecified atom stereocenters. The lowest BCUT2D eigenvalue weighted by Gasteiger charge is -2.14. The zero-order valence-corrected chi connectivity index (χ0v) is 8.49. The third-order valence-electron chi connectivity index (χ3n) is 3.37. The normalized spacial score (nSPS) is 28.4. The molecule has 78 valence electrons. The fourth-order valence-corrected chi connectivity index (χ4v) is 2.63. The zero-order valence-electron chi connectivity index (χ0n) is 8.49. The summed E-state index contributed by atoms with van der Waals surface area (Å²) in [5.74, 6) is 0.546. The molecule has 1 fully saturated rings. The maximum absolute atomic E-state index is 11.5. The predicted octanol–water partition coefficient (Wildman–Crippen LogP) is 1.47. The van der Waals surface area contributed by atoms with E-state index in [1.165, 1.54) is 11.3 Å². The summed E-state index contributed by atoms with van der Waals surface area (Å²) < 4.78 is 0. The molecule has 3 rings (SSSR count). The first kappa shape index (κ1) is 8.77. The molecular weight excluding hydrogens is 188 g/mol. The van der Waals surface area contributed by atoms with Crippen LogP contribution in [0.3, 0.4) is 0 Å². The van der Waals surface area contributed by atoms with E-state index in [1.54, 1.807) is 0 Å². The van der Waals surface area contributed by atoms with Crippen LogP contribution >= 0.6 is 0 Å². The van der Waals surface area contributed by atoms with Gasteiger partial charge in [0.1, 0.15) is 0 Å². The molecule has 1 amide bonds. The molecule has 0 aromatic heterocycles. The van der Waals surface area contributed by atoms with Gasteiger partial charge in [0.05, 0.1) is 0 Å². The maximum atomic E-state index is 11.5. The molecule has 0 bridgehead atoms. The zero-order chi connectivity index (χ0) is 10.3. The van der Waals surface area contributed by atoms with Crippen molar-refractivity contribution >= 4 is 11.6 Å². The van der Waals surface area contributed by atoms with Crippen LogP contribution in [-0.4, -0.2) is 18.5 Å². The van der Waals surface area contributed by atoms with Crippen LogP contribution < -0.4 is 10.6 Å². The highest BCUT2D eigenvalue weighted by Crippen LogP contribution is 2.39. The largest absolute Gasteiger partial charge is 0.381 e. The van der Waals surface area contributed by atoms with Gasteiger partial charge in [0.2, 0.25) is 5.91 Å². The monoisotopic (exact) mass is 202 g/mol. The van der Waals surface area contributed by atoms with Gasteiger partial charge < -0.3 is 10.6 Å². The van der Waals surface area contributed by atoms with Gasteiger partial charge in [0.25, 0.3) is 0 Å². The molecule has 3 nitrogen and oxygen atoms in total. The van der Waals surface area contributed by atoms with Crippen molar-refractivity contribution in [3.8, 4) is 0 Å². The lowest BCUT2D eigenvalue weighted by Crippen LogP contribution is -2.22. The Kier molecular flexibility index (Phi) is 1.91. The SMILES string of the molecule is O=C1CC2c3ccccc3NC2CCN1. The number of benzene rings is 1. The van der Waals surface area contributed by atoms with Gasteiger partial charge in [-0.25, -0.2) is 0 Å². The molecule has 1 aromatic rings. The Hall–Kier alpha value is -1.51. The molecular formula is C12H14N2O. The number of hydrogen-bond donors (Lipinski definition) is 2. The van der Waals surface area contributed by atoms with E-state index in [0.29, 0.717) is 18.4 Å². The number of carbonyl (C=O) groups is 1. The first-order valence-electron chi connectivity index (χ1n) is 5.47. The number of rotatable bonds is 0. The number of carbonyl (C=O) groups excluding carboxylic acids is 1. The van der Waals surface area contributed by atoms with Gasteiger partial charge in [0.15, 0.2) is 0 Å². The van der Waals surface area contributed by atoms with Crippen LogP contribution in [0.2, 0.25) is 0 Å². The summed E-state index contributed by atoms with van der Waals surface area (Å²) >= 11 is 0. The van der Waals surface area contributed by atoms with Crippen LogP contribution in [0.5, 0.6) is 0 Å². The van der Waals surface area contributed by atoms with E-state index in [2.05, 4.69) is 22.8 Å². The van der Waals surface area contributed by atoms with Crippen molar-refractivity contribution < 1.29 is 4.79 Å². The van der Waals surface area contributed by atoms with Gasteiger partial charge in [0, 0.05) is 30.6 Å². The summed E-state index contributed by atoms with van der Waals surface area (Å²) in [6.45, 7) is 0.793. The summed E-state index contributed by atoms with van der Waals surface area (Å²) in [7, 11) is 0. The topological polar surface area (TPSA) is 41.1 Å². The van der Waals surface area contributed by atoms with Crippen LogP contribution in [-0.2, 0) is 4.79 Å². The van der Waals surface area contributed by atoms with Gasteiger partial charge in [-0.05, 0) is 18.1 Å². The van der Waals surface area contributed by atoms with Crippen LogP contribution in [0, 0.1) is 0 Å². The molecule has 2 atom stereocenters. The average molecular weight is 202 g/mol. The lowest BCUT2D eigenvalue weighted by molar-refractivity contribution is -0.121. The molecule has 2 aliphatic heterocycles. The Balaban J connectivity index is 1.98. The van der Waals surface area contributed by atoms with E-state index in [9.17, 15) is 4.79 Å². The molecule has 1 saturated heterocycles. The maximum Gasteiger partial charge on any atom is 0.220 e. The predicted molar refractivity (Wildman–Crippen MR) is 58.8 cm³/mol. The number of anilines is 1. The fourth-order valence-electron chi connectivity index (χ4n) is 2.63. The summed E-state index contributed by atoms with van der Waals surface area (Å²) in [5.41, 5.74) is 2.52. The second kappa shape index (κ2) is 3.26. The van der Waals surface area contributed by atoms with Crippen molar-refractivity contribution in [2.75, 3.05) is 11.9 Å². The van der Waals surface area contributed by atoms with Crippen LogP contribution in [0.25, 0.3) is 0 Å². The van der Waals surface area contributed by atoms with Crippen LogP contribution in [0.15, 0.2) is 24.3 Å². The molecule has 0 saturated carbocycles. The van der Waals surface area contributed by atoms with Crippen LogP contribution in [0.4, 0.5) is 5.69 Å². The standard InChI is InChI=1S/C12H14N2O/c15-12-7-9-8-3-1-2-4-10(8)14-11(9)5-6-13-12/h1-4,9,11,14H,5-7H2,(H,13,15). The summed E-state index contributed by atoms with van der Waals surface area (Å²) in [6.07, 6.45) is 1.64. The molecule has 3 heteroatoms. The van der Waals surface area contributed by atoms with E-state index in [0.717, 1.165) is 13.0 Å². The Morgan fingerprint density at radius 1 is 1.27 bits per heavy atom. The van der Waals surface area contributed by atoms with Gasteiger partial charge >= 0.3 is 0 Å². The Labute approximate surface area is 88.9 Å². The van der Waals surface area contributed by atoms with Crippen molar-refractivity contribution in [1.82, 2.24) is 5.32 Å². The average Bonchev–Trinajstić information content (AvgIpc) is 2.47. The number of amides is 1. The van der Waals surface area contributed by atoms with Gasteiger partial charge in [-0.15, -0.1) is 0 Å². The minimum Gasteiger partial charge on any atom is -0.381 e. The molecule has 2 aliphatic rings. The van der Waals surface area contributed by atoms with E-state index < -0.39 is 0 Å². The minimum atomic E-state index is 0.181. The van der Waals surface area contributed by atoms with Crippen molar-refractivity contribution in [2.24, 2.45) is 0 Å². The third kappa shape index (κ3) is 1.39. The molecule has 2 heterocycles. The highest BCUT2D eigenvalue weighted by molar-refractivity contribution is 5.79. The van der Waals surface area contributed by atoms with Gasteiger partial charge in [-0.1, -0.05) is 18.2 Å².